The van der Waals surface area contributed by atoms with Crippen LogP contribution in [0.4, 0.5) is 39.5 Å². The molecule has 0 bridgehead atoms. The number of carbonyl (C=O) groups is 1. The molecule has 2 heterocycles. The first-order valence-corrected chi connectivity index (χ1v) is 12.2. The van der Waals surface area contributed by atoms with E-state index in [-0.39, 0.29) is 17.1 Å². The molecule has 2 amide bonds. The molecule has 1 aromatic heterocycles. The van der Waals surface area contributed by atoms with Crippen LogP contribution in [0.3, 0.4) is 0 Å². The summed E-state index contributed by atoms with van der Waals surface area (Å²) in [5.74, 6) is 0.500. The van der Waals surface area contributed by atoms with E-state index in [1.807, 2.05) is 0 Å². The van der Waals surface area contributed by atoms with Crippen molar-refractivity contribution in [2.75, 3.05) is 41.7 Å². The summed E-state index contributed by atoms with van der Waals surface area (Å²) in [6, 6.07) is 10.7. The highest BCUT2D eigenvalue weighted by Gasteiger charge is 2.33. The lowest BCUT2D eigenvalue weighted by molar-refractivity contribution is -0.137. The molecule has 3 aromatic carbocycles. The molecular weight excluding hydrogens is 540 g/mol. The second-order valence-electron chi connectivity index (χ2n) is 8.66. The Morgan fingerprint density at radius 1 is 0.949 bits per heavy atom. The topological polar surface area (TPSA) is 91.4 Å². The van der Waals surface area contributed by atoms with Gasteiger partial charge in [0.15, 0.2) is 0 Å². The van der Waals surface area contributed by atoms with E-state index in [4.69, 9.17) is 16.3 Å². The average Bonchev–Trinajstić information content (AvgIpc) is 2.89. The molecule has 13 heteroatoms. The molecule has 5 rings (SSSR count). The Labute approximate surface area is 225 Å². The first kappa shape index (κ1) is 26.4. The number of alkyl halides is 3. The Hall–Kier alpha value is -4.16. The molecule has 0 radical (unpaired) electrons. The molecule has 1 aliphatic heterocycles. The SMILES string of the molecule is O=C(Nc1cc(F)cc(Oc2ccc3ncc(N4CCNCC4)nc3c2)c1)Nc1ccc(Cl)c(C(F)(F)F)c1. The monoisotopic (exact) mass is 560 g/mol. The van der Waals surface area contributed by atoms with Gasteiger partial charge in [0, 0.05) is 55.8 Å². The molecule has 4 aromatic rings. The normalized spacial score (nSPS) is 13.8. The number of hydrogen-bond acceptors (Lipinski definition) is 6. The van der Waals surface area contributed by atoms with Gasteiger partial charge in [-0.05, 0) is 36.4 Å². The molecular formula is C26H21ClF4N6O2. The van der Waals surface area contributed by atoms with Gasteiger partial charge in [0.1, 0.15) is 23.1 Å². The zero-order chi connectivity index (χ0) is 27.6. The lowest BCUT2D eigenvalue weighted by Gasteiger charge is -2.28. The van der Waals surface area contributed by atoms with Crippen molar-refractivity contribution in [3.63, 3.8) is 0 Å². The number of anilines is 3. The van der Waals surface area contributed by atoms with Gasteiger partial charge in [0.05, 0.1) is 27.8 Å². The highest BCUT2D eigenvalue weighted by atomic mass is 35.5. The van der Waals surface area contributed by atoms with Crippen LogP contribution in [-0.2, 0) is 6.18 Å². The number of rotatable bonds is 5. The maximum absolute atomic E-state index is 14.3. The van der Waals surface area contributed by atoms with Crippen LogP contribution in [0.15, 0.2) is 60.8 Å². The Morgan fingerprint density at radius 2 is 1.72 bits per heavy atom. The number of aromatic nitrogens is 2. The van der Waals surface area contributed by atoms with Gasteiger partial charge >= 0.3 is 12.2 Å². The largest absolute Gasteiger partial charge is 0.457 e. The van der Waals surface area contributed by atoms with Gasteiger partial charge < -0.3 is 25.6 Å². The zero-order valence-electron chi connectivity index (χ0n) is 20.1. The van der Waals surface area contributed by atoms with Crippen LogP contribution in [0.5, 0.6) is 11.5 Å². The fourth-order valence-electron chi connectivity index (χ4n) is 4.03. The van der Waals surface area contributed by atoms with Gasteiger partial charge in [0.25, 0.3) is 0 Å². The van der Waals surface area contributed by atoms with E-state index in [0.29, 0.717) is 22.8 Å². The molecule has 1 aliphatic rings. The third-order valence-corrected chi connectivity index (χ3v) is 6.17. The molecule has 202 valence electrons. The number of halogens is 5. The van der Waals surface area contributed by atoms with Gasteiger partial charge in [-0.25, -0.2) is 14.2 Å². The van der Waals surface area contributed by atoms with E-state index in [1.54, 1.807) is 24.4 Å². The Morgan fingerprint density at radius 3 is 2.49 bits per heavy atom. The zero-order valence-corrected chi connectivity index (χ0v) is 20.9. The van der Waals surface area contributed by atoms with E-state index >= 15 is 0 Å². The number of ether oxygens (including phenoxy) is 1. The molecule has 1 saturated heterocycles. The van der Waals surface area contributed by atoms with E-state index in [0.717, 1.165) is 50.2 Å². The van der Waals surface area contributed by atoms with Gasteiger partial charge in [0.2, 0.25) is 0 Å². The summed E-state index contributed by atoms with van der Waals surface area (Å²) in [5.41, 5.74) is 0.0430. The van der Waals surface area contributed by atoms with Gasteiger partial charge in [-0.2, -0.15) is 13.2 Å². The Balaban J connectivity index is 1.30. The van der Waals surface area contributed by atoms with Crippen LogP contribution >= 0.6 is 11.6 Å². The number of hydrogen-bond donors (Lipinski definition) is 3. The lowest BCUT2D eigenvalue weighted by atomic mass is 10.2. The Kier molecular flexibility index (Phi) is 7.40. The van der Waals surface area contributed by atoms with Crippen molar-refractivity contribution >= 4 is 45.9 Å². The predicted octanol–water partition coefficient (Wildman–Crippen LogP) is 6.29. The second kappa shape index (κ2) is 10.9. The lowest BCUT2D eigenvalue weighted by Crippen LogP contribution is -2.43. The number of nitrogens with zero attached hydrogens (tertiary/aromatic N) is 3. The van der Waals surface area contributed by atoms with Crippen LogP contribution in [0.1, 0.15) is 5.56 Å². The summed E-state index contributed by atoms with van der Waals surface area (Å²) < 4.78 is 59.4. The molecule has 3 N–H and O–H groups in total. The minimum absolute atomic E-state index is 0.0223. The quantitative estimate of drug-likeness (QED) is 0.249. The van der Waals surface area contributed by atoms with Crippen LogP contribution in [0.25, 0.3) is 11.0 Å². The van der Waals surface area contributed by atoms with Crippen molar-refractivity contribution in [3.05, 3.63) is 77.2 Å². The fraction of sp³-hybridized carbons (Fsp3) is 0.192. The molecule has 0 aliphatic carbocycles. The molecule has 0 unspecified atom stereocenters. The fourth-order valence-corrected chi connectivity index (χ4v) is 4.26. The van der Waals surface area contributed by atoms with E-state index in [9.17, 15) is 22.4 Å². The molecule has 0 atom stereocenters. The van der Waals surface area contributed by atoms with Gasteiger partial charge in [-0.3, -0.25) is 4.98 Å². The molecule has 0 spiro atoms. The minimum Gasteiger partial charge on any atom is -0.457 e. The predicted molar refractivity (Wildman–Crippen MR) is 140 cm³/mol. The van der Waals surface area contributed by atoms with Crippen molar-refractivity contribution in [2.24, 2.45) is 0 Å². The summed E-state index contributed by atoms with van der Waals surface area (Å²) >= 11 is 5.61. The van der Waals surface area contributed by atoms with Crippen molar-refractivity contribution in [3.8, 4) is 11.5 Å². The van der Waals surface area contributed by atoms with Crippen molar-refractivity contribution in [1.82, 2.24) is 15.3 Å². The number of piperazine rings is 1. The smallest absolute Gasteiger partial charge is 0.417 e. The van der Waals surface area contributed by atoms with Gasteiger partial charge in [-0.15, -0.1) is 0 Å². The third kappa shape index (κ3) is 6.47. The molecule has 39 heavy (non-hydrogen) atoms. The number of nitrogens with one attached hydrogen (secondary N) is 3. The van der Waals surface area contributed by atoms with Crippen LogP contribution < -0.4 is 25.6 Å². The molecule has 0 saturated carbocycles. The maximum Gasteiger partial charge on any atom is 0.417 e. The van der Waals surface area contributed by atoms with E-state index in [1.165, 1.54) is 12.1 Å². The Bertz CT molecular complexity index is 1530. The average molecular weight is 561 g/mol. The minimum atomic E-state index is -4.69. The number of urea groups is 1. The van der Waals surface area contributed by atoms with Gasteiger partial charge in [-0.1, -0.05) is 11.6 Å². The number of benzene rings is 3. The van der Waals surface area contributed by atoms with Crippen LogP contribution in [0, 0.1) is 5.82 Å². The first-order valence-electron chi connectivity index (χ1n) is 11.8. The first-order chi connectivity index (χ1) is 18.6. The summed E-state index contributed by atoms with van der Waals surface area (Å²) in [5, 5.41) is 7.45. The summed E-state index contributed by atoms with van der Waals surface area (Å²) in [4.78, 5) is 23.7. The summed E-state index contributed by atoms with van der Waals surface area (Å²) in [6.45, 7) is 3.32. The van der Waals surface area contributed by atoms with Crippen molar-refractivity contribution in [2.45, 2.75) is 6.18 Å². The number of carbonyl (C=O) groups excluding carboxylic acids is 1. The summed E-state index contributed by atoms with van der Waals surface area (Å²) in [7, 11) is 0. The number of fused-ring (bicyclic) bond motifs is 1. The molecule has 8 nitrogen and oxygen atoms in total. The summed E-state index contributed by atoms with van der Waals surface area (Å²) in [6.07, 6.45) is -2.97. The highest BCUT2D eigenvalue weighted by molar-refractivity contribution is 6.31. The van der Waals surface area contributed by atoms with Crippen molar-refractivity contribution < 1.29 is 27.1 Å². The van der Waals surface area contributed by atoms with Crippen LogP contribution in [0.2, 0.25) is 5.02 Å². The van der Waals surface area contributed by atoms with E-state index in [2.05, 4.69) is 30.8 Å². The van der Waals surface area contributed by atoms with Crippen LogP contribution in [-0.4, -0.2) is 42.2 Å². The molecule has 1 fully saturated rings. The third-order valence-electron chi connectivity index (χ3n) is 5.84. The van der Waals surface area contributed by atoms with Crippen molar-refractivity contribution in [1.29, 1.82) is 0 Å². The second-order valence-corrected chi connectivity index (χ2v) is 9.07. The highest BCUT2D eigenvalue weighted by Crippen LogP contribution is 2.36. The standard InChI is InChI=1S/C26H21ClF4N6O2/c27-21-3-1-16(12-20(21)26(29,30)31)34-25(38)35-17-9-15(28)10-19(11-17)39-18-2-4-22-23(13-18)36-24(14-33-22)37-7-5-32-6-8-37/h1-4,9-14,32H,5-8H2,(H2,34,35,38). The maximum atomic E-state index is 14.3. The number of amides is 2. The van der Waals surface area contributed by atoms with E-state index < -0.39 is 28.6 Å².